The van der Waals surface area contributed by atoms with Gasteiger partial charge in [-0.15, -0.1) is 11.8 Å². The van der Waals surface area contributed by atoms with Crippen molar-refractivity contribution in [3.8, 4) is 0 Å². The molecule has 4 nitrogen and oxygen atoms in total. The Hall–Kier alpha value is -1.14. The van der Waals surface area contributed by atoms with Gasteiger partial charge in [-0.05, 0) is 48.8 Å². The summed E-state index contributed by atoms with van der Waals surface area (Å²) in [5.41, 5.74) is 1.36. The molecule has 0 bridgehead atoms. The van der Waals surface area contributed by atoms with Crippen LogP contribution in [0.5, 0.6) is 0 Å². The fourth-order valence-corrected chi connectivity index (χ4v) is 5.26. The Labute approximate surface area is 223 Å². The maximum Gasteiger partial charge on any atom is 0.251 e. The molecule has 6 heteroatoms. The Morgan fingerprint density at radius 2 is 1.40 bits per heavy atom. The monoisotopic (exact) mass is 522 g/mol. The molecule has 0 radical (unpaired) electrons. The van der Waals surface area contributed by atoms with E-state index < -0.39 is 0 Å². The van der Waals surface area contributed by atoms with Crippen LogP contribution in [0.3, 0.4) is 0 Å². The predicted molar refractivity (Wildman–Crippen MR) is 157 cm³/mol. The van der Waals surface area contributed by atoms with E-state index in [9.17, 15) is 9.59 Å². The standard InChI is InChI=1S/C29H50N2O2S2/c1-4-6-7-8-9-10-11-12-13-14-15-16-17-19-28(32)31-26-24-25(20-21-27(26)35-5-2)29(33)30-22-18-23-34-3/h20-21,24H,4-19,22-23H2,1-3H3,(H,30,33)(H,31,32). The first kappa shape index (κ1) is 31.9. The van der Waals surface area contributed by atoms with Gasteiger partial charge in [-0.2, -0.15) is 11.8 Å². The Morgan fingerprint density at radius 3 is 1.97 bits per heavy atom. The van der Waals surface area contributed by atoms with Gasteiger partial charge in [0, 0.05) is 23.4 Å². The highest BCUT2D eigenvalue weighted by molar-refractivity contribution is 7.99. The van der Waals surface area contributed by atoms with Crippen LogP contribution in [0, 0.1) is 0 Å². The van der Waals surface area contributed by atoms with Crippen LogP contribution >= 0.6 is 23.5 Å². The largest absolute Gasteiger partial charge is 0.352 e. The van der Waals surface area contributed by atoms with Crippen LogP contribution in [0.15, 0.2) is 23.1 Å². The van der Waals surface area contributed by atoms with E-state index in [-0.39, 0.29) is 11.8 Å². The van der Waals surface area contributed by atoms with Crippen molar-refractivity contribution < 1.29 is 9.59 Å². The highest BCUT2D eigenvalue weighted by Crippen LogP contribution is 2.28. The number of carbonyl (C=O) groups excluding carboxylic acids is 2. The van der Waals surface area contributed by atoms with Crippen LogP contribution in [0.25, 0.3) is 0 Å². The molecule has 0 aliphatic heterocycles. The van der Waals surface area contributed by atoms with Crippen molar-refractivity contribution in [1.82, 2.24) is 5.32 Å². The third-order valence-corrected chi connectivity index (χ3v) is 7.79. The maximum absolute atomic E-state index is 12.6. The average molecular weight is 523 g/mol. The van der Waals surface area contributed by atoms with Crippen molar-refractivity contribution in [2.24, 2.45) is 0 Å². The molecule has 0 unspecified atom stereocenters. The third-order valence-electron chi connectivity index (χ3n) is 6.13. The van der Waals surface area contributed by atoms with Gasteiger partial charge in [-0.25, -0.2) is 0 Å². The minimum atomic E-state index is -0.0776. The predicted octanol–water partition coefficient (Wildman–Crippen LogP) is 8.70. The molecule has 0 aliphatic rings. The fourth-order valence-electron chi connectivity index (χ4n) is 4.09. The summed E-state index contributed by atoms with van der Waals surface area (Å²) in [4.78, 5) is 26.1. The zero-order valence-corrected chi connectivity index (χ0v) is 24.2. The Morgan fingerprint density at radius 1 is 0.800 bits per heavy atom. The van der Waals surface area contributed by atoms with Gasteiger partial charge in [0.15, 0.2) is 0 Å². The molecule has 0 atom stereocenters. The van der Waals surface area contributed by atoms with Crippen LogP contribution in [0.4, 0.5) is 5.69 Å². The molecule has 1 aromatic rings. The number of anilines is 1. The number of carbonyl (C=O) groups is 2. The summed E-state index contributed by atoms with van der Waals surface area (Å²) >= 11 is 3.47. The second-order valence-corrected chi connectivity index (χ2v) is 11.6. The molecule has 2 amide bonds. The van der Waals surface area contributed by atoms with Crippen LogP contribution in [0.1, 0.15) is 121 Å². The van der Waals surface area contributed by atoms with Gasteiger partial charge in [0.05, 0.1) is 5.69 Å². The first-order chi connectivity index (χ1) is 17.1. The van der Waals surface area contributed by atoms with Crippen LogP contribution in [0.2, 0.25) is 0 Å². The topological polar surface area (TPSA) is 58.2 Å². The fraction of sp³-hybridized carbons (Fsp3) is 0.724. The molecule has 35 heavy (non-hydrogen) atoms. The number of unbranched alkanes of at least 4 members (excludes halogenated alkanes) is 12. The molecular weight excluding hydrogens is 472 g/mol. The van der Waals surface area contributed by atoms with E-state index in [0.717, 1.165) is 41.4 Å². The van der Waals surface area contributed by atoms with Gasteiger partial charge in [0.25, 0.3) is 5.91 Å². The summed E-state index contributed by atoms with van der Waals surface area (Å²) < 4.78 is 0. The van der Waals surface area contributed by atoms with E-state index >= 15 is 0 Å². The number of hydrogen-bond donors (Lipinski definition) is 2. The third kappa shape index (κ3) is 16.3. The number of rotatable bonds is 22. The molecule has 0 aliphatic carbocycles. The summed E-state index contributed by atoms with van der Waals surface area (Å²) in [7, 11) is 0. The van der Waals surface area contributed by atoms with Gasteiger partial charge in [0.2, 0.25) is 5.91 Å². The van der Waals surface area contributed by atoms with Gasteiger partial charge >= 0.3 is 0 Å². The lowest BCUT2D eigenvalue weighted by atomic mass is 10.0. The Kier molecular flexibility index (Phi) is 20.1. The molecule has 1 aromatic carbocycles. The van der Waals surface area contributed by atoms with Crippen molar-refractivity contribution >= 4 is 41.0 Å². The number of benzene rings is 1. The number of thioether (sulfide) groups is 2. The van der Waals surface area contributed by atoms with Gasteiger partial charge in [-0.3, -0.25) is 9.59 Å². The zero-order chi connectivity index (χ0) is 25.6. The summed E-state index contributed by atoms with van der Waals surface area (Å²) in [5, 5.41) is 6.04. The zero-order valence-electron chi connectivity index (χ0n) is 22.6. The number of amides is 2. The van der Waals surface area contributed by atoms with E-state index in [1.54, 1.807) is 23.5 Å². The minimum Gasteiger partial charge on any atom is -0.352 e. The van der Waals surface area contributed by atoms with Crippen molar-refractivity contribution in [1.29, 1.82) is 0 Å². The van der Waals surface area contributed by atoms with E-state index in [0.29, 0.717) is 18.5 Å². The maximum atomic E-state index is 12.6. The smallest absolute Gasteiger partial charge is 0.251 e. The Balaban J connectivity index is 2.28. The molecule has 0 saturated carbocycles. The molecule has 200 valence electrons. The average Bonchev–Trinajstić information content (AvgIpc) is 2.85. The first-order valence-corrected chi connectivity index (χ1v) is 16.3. The lowest BCUT2D eigenvalue weighted by Crippen LogP contribution is -2.25. The minimum absolute atomic E-state index is 0.0450. The molecule has 0 fully saturated rings. The van der Waals surface area contributed by atoms with Crippen LogP contribution in [-0.4, -0.2) is 36.1 Å². The molecule has 2 N–H and O–H groups in total. The lowest BCUT2D eigenvalue weighted by molar-refractivity contribution is -0.116. The van der Waals surface area contributed by atoms with E-state index in [4.69, 9.17) is 0 Å². The van der Waals surface area contributed by atoms with E-state index in [1.165, 1.54) is 70.6 Å². The molecule has 0 heterocycles. The summed E-state index contributed by atoms with van der Waals surface area (Å²) in [6.45, 7) is 5.04. The van der Waals surface area contributed by atoms with Crippen molar-refractivity contribution in [3.63, 3.8) is 0 Å². The Bertz CT molecular complexity index is 697. The molecule has 0 spiro atoms. The lowest BCUT2D eigenvalue weighted by Gasteiger charge is -2.13. The number of hydrogen-bond acceptors (Lipinski definition) is 4. The van der Waals surface area contributed by atoms with E-state index in [1.807, 2.05) is 18.2 Å². The quantitative estimate of drug-likeness (QED) is 0.118. The van der Waals surface area contributed by atoms with Crippen molar-refractivity contribution in [2.75, 3.05) is 29.6 Å². The van der Waals surface area contributed by atoms with Crippen LogP contribution in [-0.2, 0) is 4.79 Å². The number of nitrogens with one attached hydrogen (secondary N) is 2. The summed E-state index contributed by atoms with van der Waals surface area (Å²) in [6.07, 6.45) is 20.5. The second-order valence-electron chi connectivity index (χ2n) is 9.29. The van der Waals surface area contributed by atoms with Gasteiger partial charge in [0.1, 0.15) is 0 Å². The SMILES string of the molecule is CCCCCCCCCCCCCCCC(=O)Nc1cc(C(=O)NCCCSC)ccc1SCC. The molecule has 0 saturated heterocycles. The summed E-state index contributed by atoms with van der Waals surface area (Å²) in [5.74, 6) is 1.92. The summed E-state index contributed by atoms with van der Waals surface area (Å²) in [6, 6.07) is 5.62. The first-order valence-electron chi connectivity index (χ1n) is 14.0. The highest BCUT2D eigenvalue weighted by Gasteiger charge is 2.12. The normalized spacial score (nSPS) is 10.9. The molecule has 1 rings (SSSR count). The van der Waals surface area contributed by atoms with Crippen molar-refractivity contribution in [3.05, 3.63) is 23.8 Å². The van der Waals surface area contributed by atoms with Crippen LogP contribution < -0.4 is 10.6 Å². The van der Waals surface area contributed by atoms with E-state index in [2.05, 4.69) is 30.7 Å². The van der Waals surface area contributed by atoms with Gasteiger partial charge in [-0.1, -0.05) is 90.9 Å². The second kappa shape index (κ2) is 22.1. The molecular formula is C29H50N2O2S2. The molecule has 0 aromatic heterocycles. The van der Waals surface area contributed by atoms with Gasteiger partial charge < -0.3 is 10.6 Å². The highest BCUT2D eigenvalue weighted by atomic mass is 32.2. The van der Waals surface area contributed by atoms with Crippen molar-refractivity contribution in [2.45, 2.75) is 115 Å².